The van der Waals surface area contributed by atoms with Crippen LogP contribution in [-0.2, 0) is 9.47 Å². The summed E-state index contributed by atoms with van der Waals surface area (Å²) in [5.41, 5.74) is -0.667. The highest BCUT2D eigenvalue weighted by molar-refractivity contribution is 4.83. The van der Waals surface area contributed by atoms with E-state index in [0.717, 1.165) is 25.7 Å². The molecule has 0 radical (unpaired) electrons. The van der Waals surface area contributed by atoms with Gasteiger partial charge in [-0.2, -0.15) is 0 Å². The van der Waals surface area contributed by atoms with E-state index in [9.17, 15) is 10.2 Å². The molecule has 1 aliphatic rings. The fraction of sp³-hybridized carbons (Fsp3) is 1.00. The molecule has 4 heteroatoms. The summed E-state index contributed by atoms with van der Waals surface area (Å²) in [5, 5.41) is 19.3. The SMILES string of the molecule is CCC(C)CC1CC([C@H](C)CC)OCC(CO)(CO)CO1. The molecule has 0 saturated carbocycles. The number of ether oxygens (including phenoxy) is 2. The van der Waals surface area contributed by atoms with E-state index in [4.69, 9.17) is 9.47 Å². The average molecular weight is 302 g/mol. The summed E-state index contributed by atoms with van der Waals surface area (Å²) in [6.45, 7) is 9.34. The molecule has 0 bridgehead atoms. The van der Waals surface area contributed by atoms with Crippen molar-refractivity contribution in [2.75, 3.05) is 26.4 Å². The first-order valence-corrected chi connectivity index (χ1v) is 8.45. The molecule has 1 heterocycles. The van der Waals surface area contributed by atoms with Gasteiger partial charge in [-0.25, -0.2) is 0 Å². The van der Waals surface area contributed by atoms with Crippen LogP contribution in [0.4, 0.5) is 0 Å². The van der Waals surface area contributed by atoms with Crippen LogP contribution in [0.25, 0.3) is 0 Å². The first kappa shape index (κ1) is 18.9. The Balaban J connectivity index is 2.80. The van der Waals surface area contributed by atoms with E-state index in [-0.39, 0.29) is 25.4 Å². The Morgan fingerprint density at radius 3 is 2.19 bits per heavy atom. The molecule has 1 aliphatic heterocycles. The summed E-state index contributed by atoms with van der Waals surface area (Å²) >= 11 is 0. The minimum atomic E-state index is -0.667. The van der Waals surface area contributed by atoms with E-state index in [0.29, 0.717) is 25.0 Å². The van der Waals surface area contributed by atoms with Crippen molar-refractivity contribution >= 4 is 0 Å². The van der Waals surface area contributed by atoms with Crippen LogP contribution in [-0.4, -0.2) is 48.8 Å². The molecule has 0 spiro atoms. The van der Waals surface area contributed by atoms with Gasteiger partial charge in [0.2, 0.25) is 0 Å². The quantitative estimate of drug-likeness (QED) is 0.759. The van der Waals surface area contributed by atoms with E-state index >= 15 is 0 Å². The van der Waals surface area contributed by atoms with E-state index in [2.05, 4.69) is 27.7 Å². The van der Waals surface area contributed by atoms with Gasteiger partial charge in [-0.05, 0) is 18.3 Å². The molecule has 3 unspecified atom stereocenters. The molecule has 2 N–H and O–H groups in total. The minimum Gasteiger partial charge on any atom is -0.396 e. The van der Waals surface area contributed by atoms with Gasteiger partial charge in [0, 0.05) is 6.42 Å². The highest BCUT2D eigenvalue weighted by Gasteiger charge is 2.36. The molecule has 1 saturated heterocycles. The average Bonchev–Trinajstić information content (AvgIpc) is 2.50. The van der Waals surface area contributed by atoms with Crippen molar-refractivity contribution < 1.29 is 19.7 Å². The maximum atomic E-state index is 9.63. The summed E-state index contributed by atoms with van der Waals surface area (Å²) < 4.78 is 12.2. The molecule has 0 aromatic rings. The maximum absolute atomic E-state index is 9.63. The second-order valence-electron chi connectivity index (χ2n) is 6.97. The Bertz CT molecular complexity index is 278. The van der Waals surface area contributed by atoms with Gasteiger partial charge in [0.15, 0.2) is 0 Å². The Hall–Kier alpha value is -0.160. The van der Waals surface area contributed by atoms with Crippen molar-refractivity contribution in [2.45, 2.75) is 65.6 Å². The maximum Gasteiger partial charge on any atom is 0.0632 e. The van der Waals surface area contributed by atoms with Gasteiger partial charge in [0.05, 0.1) is 44.1 Å². The summed E-state index contributed by atoms with van der Waals surface area (Å²) in [7, 11) is 0. The fourth-order valence-corrected chi connectivity index (χ4v) is 2.69. The number of rotatable bonds is 7. The predicted molar refractivity (Wildman–Crippen MR) is 84.2 cm³/mol. The van der Waals surface area contributed by atoms with E-state index in [1.165, 1.54) is 0 Å². The molecule has 0 aromatic heterocycles. The van der Waals surface area contributed by atoms with E-state index in [1.807, 2.05) is 0 Å². The fourth-order valence-electron chi connectivity index (χ4n) is 2.69. The van der Waals surface area contributed by atoms with Crippen molar-refractivity contribution in [1.82, 2.24) is 0 Å². The molecule has 4 atom stereocenters. The predicted octanol–water partition coefficient (Wildman–Crippen LogP) is 2.61. The lowest BCUT2D eigenvalue weighted by molar-refractivity contribution is -0.156. The monoisotopic (exact) mass is 302 g/mol. The van der Waals surface area contributed by atoms with Gasteiger partial charge >= 0.3 is 0 Å². The first-order chi connectivity index (χ1) is 10.00. The van der Waals surface area contributed by atoms with Gasteiger partial charge < -0.3 is 19.7 Å². The van der Waals surface area contributed by atoms with Gasteiger partial charge in [0.1, 0.15) is 0 Å². The molecular formula is C17H34O4. The van der Waals surface area contributed by atoms with Crippen LogP contribution in [0, 0.1) is 17.3 Å². The van der Waals surface area contributed by atoms with Gasteiger partial charge in [-0.1, -0.05) is 40.5 Å². The Morgan fingerprint density at radius 1 is 1.05 bits per heavy atom. The molecule has 126 valence electrons. The molecular weight excluding hydrogens is 268 g/mol. The van der Waals surface area contributed by atoms with Crippen LogP contribution in [0.1, 0.15) is 53.4 Å². The smallest absolute Gasteiger partial charge is 0.0632 e. The van der Waals surface area contributed by atoms with Crippen LogP contribution in [0.5, 0.6) is 0 Å². The lowest BCUT2D eigenvalue weighted by Crippen LogP contribution is -2.46. The third-order valence-corrected chi connectivity index (χ3v) is 5.04. The minimum absolute atomic E-state index is 0.104. The molecule has 0 amide bonds. The van der Waals surface area contributed by atoms with E-state index < -0.39 is 5.41 Å². The van der Waals surface area contributed by atoms with Crippen molar-refractivity contribution in [3.63, 3.8) is 0 Å². The third kappa shape index (κ3) is 5.51. The second kappa shape index (κ2) is 9.09. The zero-order chi connectivity index (χ0) is 15.9. The third-order valence-electron chi connectivity index (χ3n) is 5.04. The molecule has 1 rings (SSSR count). The van der Waals surface area contributed by atoms with E-state index in [1.54, 1.807) is 0 Å². The van der Waals surface area contributed by atoms with Crippen molar-refractivity contribution in [1.29, 1.82) is 0 Å². The molecule has 0 aromatic carbocycles. The zero-order valence-corrected chi connectivity index (χ0v) is 14.2. The van der Waals surface area contributed by atoms with Gasteiger partial charge in [0.25, 0.3) is 0 Å². The van der Waals surface area contributed by atoms with Crippen molar-refractivity contribution in [3.05, 3.63) is 0 Å². The van der Waals surface area contributed by atoms with Crippen LogP contribution in [0.15, 0.2) is 0 Å². The summed E-state index contributed by atoms with van der Waals surface area (Å²) in [6, 6.07) is 0. The number of hydrogen-bond acceptors (Lipinski definition) is 4. The number of hydrogen-bond donors (Lipinski definition) is 2. The standard InChI is InChI=1S/C17H34O4/c1-5-13(3)7-15-8-16(14(4)6-2)21-12-17(9-18,10-19)11-20-15/h13-16,18-19H,5-12H2,1-4H3/t13?,14-,15?,16?/m1/s1. The molecule has 21 heavy (non-hydrogen) atoms. The first-order valence-electron chi connectivity index (χ1n) is 8.45. The Morgan fingerprint density at radius 2 is 1.67 bits per heavy atom. The van der Waals surface area contributed by atoms with Crippen molar-refractivity contribution in [3.8, 4) is 0 Å². The molecule has 1 fully saturated rings. The summed E-state index contributed by atoms with van der Waals surface area (Å²) in [5.74, 6) is 1.07. The van der Waals surface area contributed by atoms with Crippen LogP contribution in [0.2, 0.25) is 0 Å². The normalized spacial score (nSPS) is 29.4. The van der Waals surface area contributed by atoms with Gasteiger partial charge in [-0.3, -0.25) is 0 Å². The van der Waals surface area contributed by atoms with Crippen LogP contribution < -0.4 is 0 Å². The van der Waals surface area contributed by atoms with Crippen LogP contribution >= 0.6 is 0 Å². The lowest BCUT2D eigenvalue weighted by atomic mass is 9.88. The highest BCUT2D eigenvalue weighted by Crippen LogP contribution is 2.29. The van der Waals surface area contributed by atoms with Crippen LogP contribution in [0.3, 0.4) is 0 Å². The number of aliphatic hydroxyl groups is 2. The zero-order valence-electron chi connectivity index (χ0n) is 14.2. The van der Waals surface area contributed by atoms with Gasteiger partial charge in [-0.15, -0.1) is 0 Å². The Labute approximate surface area is 129 Å². The lowest BCUT2D eigenvalue weighted by Gasteiger charge is -2.39. The second-order valence-corrected chi connectivity index (χ2v) is 6.97. The Kier molecular flexibility index (Phi) is 8.17. The van der Waals surface area contributed by atoms with Crippen molar-refractivity contribution in [2.24, 2.45) is 17.3 Å². The number of aliphatic hydroxyl groups excluding tert-OH is 2. The summed E-state index contributed by atoms with van der Waals surface area (Å²) in [6.07, 6.45) is 4.41. The largest absolute Gasteiger partial charge is 0.396 e. The molecule has 4 nitrogen and oxygen atoms in total. The molecule has 0 aliphatic carbocycles. The topological polar surface area (TPSA) is 58.9 Å². The highest BCUT2D eigenvalue weighted by atomic mass is 16.5. The summed E-state index contributed by atoms with van der Waals surface area (Å²) in [4.78, 5) is 0.